The van der Waals surface area contributed by atoms with Crippen LogP contribution < -0.4 is 5.32 Å². The summed E-state index contributed by atoms with van der Waals surface area (Å²) < 4.78 is 29.4. The summed E-state index contributed by atoms with van der Waals surface area (Å²) in [5.74, 6) is -0.605. The van der Waals surface area contributed by atoms with Gasteiger partial charge in [0.25, 0.3) is 0 Å². The fraction of sp³-hybridized carbons (Fsp3) is 0.615. The lowest BCUT2D eigenvalue weighted by Gasteiger charge is -2.36. The molecule has 2 rings (SSSR count). The quantitative estimate of drug-likeness (QED) is 0.777. The zero-order chi connectivity index (χ0) is 16.2. The van der Waals surface area contributed by atoms with Crippen LogP contribution in [0.5, 0.6) is 0 Å². The van der Waals surface area contributed by atoms with E-state index in [1.54, 1.807) is 0 Å². The van der Waals surface area contributed by atoms with Gasteiger partial charge < -0.3 is 15.2 Å². The summed E-state index contributed by atoms with van der Waals surface area (Å²) in [6, 6.07) is 0. The molecule has 0 aliphatic carbocycles. The van der Waals surface area contributed by atoms with E-state index in [-0.39, 0.29) is 23.7 Å². The van der Waals surface area contributed by atoms with Crippen molar-refractivity contribution in [3.8, 4) is 0 Å². The van der Waals surface area contributed by atoms with Gasteiger partial charge in [0.05, 0.1) is 29.5 Å². The Bertz CT molecular complexity index is 628. The molecule has 0 spiro atoms. The van der Waals surface area contributed by atoms with Gasteiger partial charge in [0.2, 0.25) is 0 Å². The van der Waals surface area contributed by atoms with Crippen LogP contribution in [0.25, 0.3) is 0 Å². The second-order valence-electron chi connectivity index (χ2n) is 5.26. The van der Waals surface area contributed by atoms with E-state index in [1.807, 2.05) is 6.92 Å². The van der Waals surface area contributed by atoms with Crippen LogP contribution in [0.2, 0.25) is 0 Å². The van der Waals surface area contributed by atoms with E-state index in [2.05, 4.69) is 15.3 Å². The zero-order valence-electron chi connectivity index (χ0n) is 12.3. The van der Waals surface area contributed by atoms with Crippen LogP contribution in [-0.4, -0.2) is 59.7 Å². The lowest BCUT2D eigenvalue weighted by atomic mass is 9.99. The molecule has 1 aliphatic rings. The molecule has 0 amide bonds. The van der Waals surface area contributed by atoms with Crippen molar-refractivity contribution in [1.82, 2.24) is 9.97 Å². The van der Waals surface area contributed by atoms with Gasteiger partial charge in [0.1, 0.15) is 5.82 Å². The Morgan fingerprint density at radius 1 is 1.45 bits per heavy atom. The Kier molecular flexibility index (Phi) is 4.97. The molecule has 0 radical (unpaired) electrons. The highest BCUT2D eigenvalue weighted by Gasteiger charge is 2.39. The molecule has 1 aromatic heterocycles. The minimum absolute atomic E-state index is 0.0263. The highest BCUT2D eigenvalue weighted by atomic mass is 32.2. The number of carbonyl (C=O) groups is 1. The van der Waals surface area contributed by atoms with Crippen LogP contribution in [-0.2, 0) is 14.6 Å². The topological polar surface area (TPSA) is 118 Å². The van der Waals surface area contributed by atoms with Gasteiger partial charge in [-0.2, -0.15) is 0 Å². The molecule has 1 fully saturated rings. The largest absolute Gasteiger partial charge is 0.476 e. The number of hydrogen-bond donors (Lipinski definition) is 2. The molecule has 2 N–H and O–H groups in total. The fourth-order valence-electron chi connectivity index (χ4n) is 2.55. The van der Waals surface area contributed by atoms with Crippen molar-refractivity contribution in [3.63, 3.8) is 0 Å². The number of aromatic nitrogens is 2. The van der Waals surface area contributed by atoms with Crippen LogP contribution in [0, 0.1) is 0 Å². The number of nitrogens with one attached hydrogen (secondary N) is 1. The molecule has 22 heavy (non-hydrogen) atoms. The molecule has 2 heterocycles. The van der Waals surface area contributed by atoms with Crippen LogP contribution in [0.4, 0.5) is 5.82 Å². The lowest BCUT2D eigenvalue weighted by Crippen LogP contribution is -2.49. The summed E-state index contributed by atoms with van der Waals surface area (Å²) in [5, 5.41) is 11.8. The Balaban J connectivity index is 2.07. The highest BCUT2D eigenvalue weighted by Crippen LogP contribution is 2.27. The van der Waals surface area contributed by atoms with Crippen molar-refractivity contribution in [2.75, 3.05) is 30.0 Å². The summed E-state index contributed by atoms with van der Waals surface area (Å²) in [5.41, 5.74) is -0.927. The smallest absolute Gasteiger partial charge is 0.356 e. The normalized spacial score (nSPS) is 23.9. The van der Waals surface area contributed by atoms with Crippen molar-refractivity contribution in [1.29, 1.82) is 0 Å². The molecule has 1 atom stereocenters. The van der Waals surface area contributed by atoms with Gasteiger partial charge in [-0.25, -0.2) is 23.2 Å². The van der Waals surface area contributed by atoms with Gasteiger partial charge in [-0.1, -0.05) is 0 Å². The summed E-state index contributed by atoms with van der Waals surface area (Å²) in [4.78, 5) is 18.4. The summed E-state index contributed by atoms with van der Waals surface area (Å²) in [7, 11) is -3.11. The van der Waals surface area contributed by atoms with Crippen molar-refractivity contribution in [2.24, 2.45) is 0 Å². The molecule has 9 heteroatoms. The maximum Gasteiger partial charge on any atom is 0.356 e. The van der Waals surface area contributed by atoms with Crippen molar-refractivity contribution < 1.29 is 23.1 Å². The van der Waals surface area contributed by atoms with E-state index in [0.717, 1.165) is 6.20 Å². The third-order valence-corrected chi connectivity index (χ3v) is 5.36. The van der Waals surface area contributed by atoms with Crippen LogP contribution in [0.1, 0.15) is 30.3 Å². The van der Waals surface area contributed by atoms with E-state index in [0.29, 0.717) is 25.3 Å². The van der Waals surface area contributed by atoms with E-state index in [1.165, 1.54) is 6.20 Å². The molecule has 8 nitrogen and oxygen atoms in total. The minimum Gasteiger partial charge on any atom is -0.476 e. The first kappa shape index (κ1) is 16.6. The lowest BCUT2D eigenvalue weighted by molar-refractivity contribution is -0.0207. The third kappa shape index (κ3) is 4.14. The van der Waals surface area contributed by atoms with Crippen LogP contribution >= 0.6 is 0 Å². The Labute approximate surface area is 128 Å². The number of nitrogens with zero attached hydrogens (tertiary/aromatic N) is 2. The molecule has 0 saturated carbocycles. The molecule has 1 saturated heterocycles. The van der Waals surface area contributed by atoms with Crippen LogP contribution in [0.3, 0.4) is 0 Å². The zero-order valence-corrected chi connectivity index (χ0v) is 13.1. The van der Waals surface area contributed by atoms with Crippen molar-refractivity contribution >= 4 is 21.6 Å². The Morgan fingerprint density at radius 2 is 2.23 bits per heavy atom. The molecule has 0 aromatic carbocycles. The molecule has 0 bridgehead atoms. The summed E-state index contributed by atoms with van der Waals surface area (Å²) >= 11 is 0. The van der Waals surface area contributed by atoms with Gasteiger partial charge in [-0.3, -0.25) is 0 Å². The van der Waals surface area contributed by atoms with Gasteiger partial charge >= 0.3 is 5.97 Å². The molecule has 1 aliphatic heterocycles. The highest BCUT2D eigenvalue weighted by molar-refractivity contribution is 7.91. The van der Waals surface area contributed by atoms with Gasteiger partial charge in [-0.15, -0.1) is 0 Å². The first-order chi connectivity index (χ1) is 10.4. The number of aromatic carboxylic acids is 1. The first-order valence-corrected chi connectivity index (χ1v) is 8.81. The van der Waals surface area contributed by atoms with Crippen molar-refractivity contribution in [3.05, 3.63) is 18.1 Å². The summed E-state index contributed by atoms with van der Waals surface area (Å²) in [6.45, 7) is 2.52. The summed E-state index contributed by atoms with van der Waals surface area (Å²) in [6.07, 6.45) is 3.66. The number of rotatable bonds is 6. The van der Waals surface area contributed by atoms with E-state index in [4.69, 9.17) is 9.84 Å². The third-order valence-electron chi connectivity index (χ3n) is 3.48. The number of ether oxygens (including phenoxy) is 1. The second kappa shape index (κ2) is 6.57. The maximum absolute atomic E-state index is 11.9. The van der Waals surface area contributed by atoms with E-state index < -0.39 is 21.4 Å². The number of hydrogen-bond acceptors (Lipinski definition) is 7. The number of carboxylic acid groups (broad SMARTS) is 1. The standard InChI is InChI=1S/C13H19N3O5S/c1-2-21-13(4-3-5-22(19,20)9-13)8-16-11-7-14-10(6-15-11)12(17)18/h6-7H,2-5,8-9H2,1H3,(H,15,16)(H,17,18). The Hall–Kier alpha value is -1.74. The molecular weight excluding hydrogens is 310 g/mol. The monoisotopic (exact) mass is 329 g/mol. The molecular formula is C13H19N3O5S. The number of sulfone groups is 1. The average Bonchev–Trinajstić information content (AvgIpc) is 2.45. The second-order valence-corrected chi connectivity index (χ2v) is 7.44. The predicted molar refractivity (Wildman–Crippen MR) is 79.7 cm³/mol. The first-order valence-electron chi connectivity index (χ1n) is 6.99. The maximum atomic E-state index is 11.9. The fourth-order valence-corrected chi connectivity index (χ4v) is 4.41. The van der Waals surface area contributed by atoms with Gasteiger partial charge in [0, 0.05) is 13.2 Å². The van der Waals surface area contributed by atoms with E-state index in [9.17, 15) is 13.2 Å². The van der Waals surface area contributed by atoms with E-state index >= 15 is 0 Å². The SMILES string of the molecule is CCOC1(CNc2cnc(C(=O)O)cn2)CCCS(=O)(=O)C1. The molecule has 1 unspecified atom stereocenters. The molecule has 122 valence electrons. The van der Waals surface area contributed by atoms with Gasteiger partial charge in [0.15, 0.2) is 15.5 Å². The predicted octanol–water partition coefficient (Wildman–Crippen LogP) is 0.571. The Morgan fingerprint density at radius 3 is 2.77 bits per heavy atom. The van der Waals surface area contributed by atoms with Crippen molar-refractivity contribution in [2.45, 2.75) is 25.4 Å². The minimum atomic E-state index is -3.11. The number of anilines is 1. The van der Waals surface area contributed by atoms with Gasteiger partial charge in [-0.05, 0) is 19.8 Å². The average molecular weight is 329 g/mol. The molecule has 1 aromatic rings. The van der Waals surface area contributed by atoms with Crippen LogP contribution in [0.15, 0.2) is 12.4 Å². The number of carboxylic acids is 1.